The molecule has 3 rings (SSSR count). The SMILES string of the molecule is CCN(C(=O)Nc1cnc2c(cnn2C(C)C)c1)C1CCCCC1. The van der Waals surface area contributed by atoms with Crippen LogP contribution in [0.2, 0.25) is 0 Å². The predicted octanol–water partition coefficient (Wildman–Crippen LogP) is 4.20. The van der Waals surface area contributed by atoms with Crippen LogP contribution in [-0.4, -0.2) is 38.3 Å². The molecule has 2 aromatic heterocycles. The van der Waals surface area contributed by atoms with Crippen LogP contribution in [-0.2, 0) is 0 Å². The molecule has 6 heteroatoms. The highest BCUT2D eigenvalue weighted by atomic mass is 16.2. The van der Waals surface area contributed by atoms with Gasteiger partial charge in [-0.2, -0.15) is 5.10 Å². The van der Waals surface area contributed by atoms with E-state index in [1.807, 2.05) is 22.6 Å². The molecule has 0 bridgehead atoms. The van der Waals surface area contributed by atoms with E-state index in [1.54, 1.807) is 12.4 Å². The van der Waals surface area contributed by atoms with Crippen LogP contribution in [0.1, 0.15) is 58.9 Å². The fourth-order valence-electron chi connectivity index (χ4n) is 3.54. The Morgan fingerprint density at radius 2 is 2.08 bits per heavy atom. The third-order valence-electron chi connectivity index (χ3n) is 4.79. The summed E-state index contributed by atoms with van der Waals surface area (Å²) in [7, 11) is 0. The van der Waals surface area contributed by atoms with Gasteiger partial charge in [-0.05, 0) is 39.7 Å². The van der Waals surface area contributed by atoms with Crippen LogP contribution in [0.5, 0.6) is 0 Å². The molecule has 2 heterocycles. The molecule has 0 unspecified atom stereocenters. The summed E-state index contributed by atoms with van der Waals surface area (Å²) in [5.74, 6) is 0. The van der Waals surface area contributed by atoms with Crippen molar-refractivity contribution in [3.63, 3.8) is 0 Å². The standard InChI is InChI=1S/C18H27N5O/c1-4-22(16-8-6-5-7-9-16)18(24)21-15-10-14-11-20-23(13(2)3)17(14)19-12-15/h10-13,16H,4-9H2,1-3H3,(H,21,24). The second-order valence-corrected chi connectivity index (χ2v) is 6.83. The minimum Gasteiger partial charge on any atom is -0.322 e. The number of nitrogens with zero attached hydrogens (tertiary/aromatic N) is 4. The Morgan fingerprint density at radius 3 is 2.75 bits per heavy atom. The number of carbonyl (C=O) groups excluding carboxylic acids is 1. The van der Waals surface area contributed by atoms with E-state index in [-0.39, 0.29) is 12.1 Å². The lowest BCUT2D eigenvalue weighted by Crippen LogP contribution is -2.43. The van der Waals surface area contributed by atoms with Gasteiger partial charge in [-0.15, -0.1) is 0 Å². The molecule has 1 N–H and O–H groups in total. The number of amides is 2. The van der Waals surface area contributed by atoms with Crippen LogP contribution in [0.4, 0.5) is 10.5 Å². The molecule has 0 saturated heterocycles. The van der Waals surface area contributed by atoms with Crippen molar-refractivity contribution in [3.05, 3.63) is 18.5 Å². The molecule has 130 valence electrons. The summed E-state index contributed by atoms with van der Waals surface area (Å²) in [5.41, 5.74) is 1.58. The highest BCUT2D eigenvalue weighted by molar-refractivity contribution is 5.91. The molecule has 2 aromatic rings. The maximum absolute atomic E-state index is 12.7. The third kappa shape index (κ3) is 3.37. The monoisotopic (exact) mass is 329 g/mol. The second kappa shape index (κ2) is 7.20. The Morgan fingerprint density at radius 1 is 1.33 bits per heavy atom. The van der Waals surface area contributed by atoms with E-state index in [9.17, 15) is 4.79 Å². The van der Waals surface area contributed by atoms with Gasteiger partial charge in [-0.25, -0.2) is 14.5 Å². The summed E-state index contributed by atoms with van der Waals surface area (Å²) in [6.07, 6.45) is 9.47. The first-order chi connectivity index (χ1) is 11.6. The van der Waals surface area contributed by atoms with Crippen LogP contribution in [0.15, 0.2) is 18.5 Å². The van der Waals surface area contributed by atoms with Gasteiger partial charge in [0.25, 0.3) is 0 Å². The van der Waals surface area contributed by atoms with Crippen molar-refractivity contribution in [2.24, 2.45) is 0 Å². The van der Waals surface area contributed by atoms with E-state index >= 15 is 0 Å². The highest BCUT2D eigenvalue weighted by Gasteiger charge is 2.24. The number of nitrogens with one attached hydrogen (secondary N) is 1. The number of rotatable bonds is 4. The Bertz CT molecular complexity index is 702. The molecule has 6 nitrogen and oxygen atoms in total. The van der Waals surface area contributed by atoms with Gasteiger partial charge >= 0.3 is 6.03 Å². The first kappa shape index (κ1) is 16.7. The summed E-state index contributed by atoms with van der Waals surface area (Å²) in [4.78, 5) is 19.1. The van der Waals surface area contributed by atoms with Crippen LogP contribution >= 0.6 is 0 Å². The van der Waals surface area contributed by atoms with E-state index in [4.69, 9.17) is 0 Å². The average molecular weight is 329 g/mol. The summed E-state index contributed by atoms with van der Waals surface area (Å²) in [6, 6.07) is 2.55. The van der Waals surface area contributed by atoms with Gasteiger partial charge in [0.1, 0.15) is 0 Å². The molecule has 0 atom stereocenters. The molecule has 0 spiro atoms. The zero-order valence-electron chi connectivity index (χ0n) is 14.8. The number of carbonyl (C=O) groups is 1. The van der Waals surface area contributed by atoms with Crippen LogP contribution in [0.25, 0.3) is 11.0 Å². The van der Waals surface area contributed by atoms with Crippen molar-refractivity contribution in [2.45, 2.75) is 65.0 Å². The predicted molar refractivity (Wildman–Crippen MR) is 96.2 cm³/mol. The van der Waals surface area contributed by atoms with Crippen molar-refractivity contribution < 1.29 is 4.79 Å². The van der Waals surface area contributed by atoms with Crippen molar-refractivity contribution in [3.8, 4) is 0 Å². The number of fused-ring (bicyclic) bond motifs is 1. The van der Waals surface area contributed by atoms with Gasteiger partial charge in [0.15, 0.2) is 5.65 Å². The van der Waals surface area contributed by atoms with Crippen molar-refractivity contribution in [1.82, 2.24) is 19.7 Å². The fraction of sp³-hybridized carbons (Fsp3) is 0.611. The molecule has 24 heavy (non-hydrogen) atoms. The Balaban J connectivity index is 1.74. The van der Waals surface area contributed by atoms with E-state index in [0.29, 0.717) is 6.04 Å². The van der Waals surface area contributed by atoms with Gasteiger partial charge < -0.3 is 10.2 Å². The average Bonchev–Trinajstić information content (AvgIpc) is 3.00. The quantitative estimate of drug-likeness (QED) is 0.914. The molecular weight excluding hydrogens is 302 g/mol. The molecule has 1 aliphatic rings. The van der Waals surface area contributed by atoms with Crippen molar-refractivity contribution in [1.29, 1.82) is 0 Å². The number of urea groups is 1. The first-order valence-electron chi connectivity index (χ1n) is 9.01. The molecule has 0 radical (unpaired) electrons. The Labute approximate surface area is 143 Å². The summed E-state index contributed by atoms with van der Waals surface area (Å²) in [6.45, 7) is 6.93. The largest absolute Gasteiger partial charge is 0.322 e. The van der Waals surface area contributed by atoms with Crippen LogP contribution in [0.3, 0.4) is 0 Å². The van der Waals surface area contributed by atoms with E-state index in [2.05, 4.69) is 29.2 Å². The molecule has 1 saturated carbocycles. The molecular formula is C18H27N5O. The maximum atomic E-state index is 12.7. The van der Waals surface area contributed by atoms with Gasteiger partial charge in [0.05, 0.1) is 18.1 Å². The summed E-state index contributed by atoms with van der Waals surface area (Å²) in [5, 5.41) is 8.33. The van der Waals surface area contributed by atoms with E-state index < -0.39 is 0 Å². The number of hydrogen-bond donors (Lipinski definition) is 1. The second-order valence-electron chi connectivity index (χ2n) is 6.83. The van der Waals surface area contributed by atoms with Gasteiger partial charge in [-0.1, -0.05) is 19.3 Å². The topological polar surface area (TPSA) is 63.1 Å². The normalized spacial score (nSPS) is 15.8. The third-order valence-corrected chi connectivity index (χ3v) is 4.79. The maximum Gasteiger partial charge on any atom is 0.322 e. The van der Waals surface area contributed by atoms with Crippen LogP contribution in [0, 0.1) is 0 Å². The number of aromatic nitrogens is 3. The lowest BCUT2D eigenvalue weighted by Gasteiger charge is -2.33. The molecule has 1 fully saturated rings. The Kier molecular flexibility index (Phi) is 5.02. The Hall–Kier alpha value is -2.11. The van der Waals surface area contributed by atoms with Gasteiger partial charge in [-0.3, -0.25) is 0 Å². The minimum absolute atomic E-state index is 0.0261. The van der Waals surface area contributed by atoms with E-state index in [0.717, 1.165) is 36.1 Å². The summed E-state index contributed by atoms with van der Waals surface area (Å²) >= 11 is 0. The highest BCUT2D eigenvalue weighted by Crippen LogP contribution is 2.24. The number of anilines is 1. The molecule has 0 aromatic carbocycles. The van der Waals surface area contributed by atoms with Crippen molar-refractivity contribution >= 4 is 22.8 Å². The van der Waals surface area contributed by atoms with Crippen molar-refractivity contribution in [2.75, 3.05) is 11.9 Å². The first-order valence-corrected chi connectivity index (χ1v) is 9.01. The zero-order valence-corrected chi connectivity index (χ0v) is 14.8. The van der Waals surface area contributed by atoms with Gasteiger partial charge in [0.2, 0.25) is 0 Å². The number of pyridine rings is 1. The van der Waals surface area contributed by atoms with Gasteiger partial charge in [0, 0.05) is 24.0 Å². The molecule has 1 aliphatic carbocycles. The summed E-state index contributed by atoms with van der Waals surface area (Å²) < 4.78 is 1.89. The molecule has 0 aliphatic heterocycles. The minimum atomic E-state index is -0.0261. The zero-order chi connectivity index (χ0) is 17.1. The lowest BCUT2D eigenvalue weighted by atomic mass is 9.94. The van der Waals surface area contributed by atoms with Crippen LogP contribution < -0.4 is 5.32 Å². The smallest absolute Gasteiger partial charge is 0.322 e. The lowest BCUT2D eigenvalue weighted by molar-refractivity contribution is 0.172. The fourth-order valence-corrected chi connectivity index (χ4v) is 3.54. The van der Waals surface area contributed by atoms with E-state index in [1.165, 1.54) is 19.3 Å². The molecule has 2 amide bonds. The number of hydrogen-bond acceptors (Lipinski definition) is 3.